The molecule has 20 heavy (non-hydrogen) atoms. The average Bonchev–Trinajstić information content (AvgIpc) is 2.37. The second-order valence-corrected chi connectivity index (χ2v) is 4.81. The number of ether oxygens (including phenoxy) is 1. The van der Waals surface area contributed by atoms with E-state index in [1.54, 1.807) is 0 Å². The molecule has 0 amide bonds. The van der Waals surface area contributed by atoms with E-state index in [4.69, 9.17) is 4.74 Å². The molecule has 0 aliphatic carbocycles. The smallest absolute Gasteiger partial charge is 0.195 e. The van der Waals surface area contributed by atoms with Crippen molar-refractivity contribution >= 4 is 29.9 Å². The first kappa shape index (κ1) is 19.2. The predicted octanol–water partition coefficient (Wildman–Crippen LogP) is 2.82. The molecule has 0 saturated heterocycles. The van der Waals surface area contributed by atoms with E-state index < -0.39 is 0 Å². The Morgan fingerprint density at radius 1 is 1.05 bits per heavy atom. The third-order valence-corrected chi connectivity index (χ3v) is 2.77. The van der Waals surface area contributed by atoms with E-state index in [9.17, 15) is 0 Å². The van der Waals surface area contributed by atoms with Crippen LogP contribution in [0.15, 0.2) is 29.3 Å². The van der Waals surface area contributed by atoms with Crippen LogP contribution in [0.2, 0.25) is 0 Å². The number of hydrogen-bond acceptors (Lipinski definition) is 2. The van der Waals surface area contributed by atoms with Crippen molar-refractivity contribution in [2.75, 3.05) is 34.8 Å². The van der Waals surface area contributed by atoms with Crippen LogP contribution in [0, 0.1) is 0 Å². The van der Waals surface area contributed by atoms with E-state index in [0.717, 1.165) is 12.6 Å². The monoisotopic (exact) mass is 391 g/mol. The van der Waals surface area contributed by atoms with Gasteiger partial charge in [-0.15, -0.1) is 24.0 Å². The van der Waals surface area contributed by atoms with Crippen molar-refractivity contribution in [2.45, 2.75) is 20.1 Å². The summed E-state index contributed by atoms with van der Waals surface area (Å²) in [5.41, 5.74) is 2.43. The summed E-state index contributed by atoms with van der Waals surface area (Å²) in [6, 6.07) is 8.30. The molecule has 0 aliphatic heterocycles. The number of benzene rings is 1. The summed E-state index contributed by atoms with van der Waals surface area (Å²) in [6.45, 7) is 4.08. The van der Waals surface area contributed by atoms with E-state index in [1.165, 1.54) is 11.1 Å². The summed E-state index contributed by atoms with van der Waals surface area (Å²) in [7, 11) is 8.02. The van der Waals surface area contributed by atoms with Crippen molar-refractivity contribution in [3.8, 4) is 0 Å². The van der Waals surface area contributed by atoms with Crippen molar-refractivity contribution in [3.63, 3.8) is 0 Å². The molecule has 4 nitrogen and oxygen atoms in total. The standard InChI is InChI=1S/C15H25N3O.HI/c1-6-19-12-14-10-8-7-9-13(14)11-16-15(17(2)3)18(4)5;/h7-10H,6,11-12H2,1-5H3;1H. The Morgan fingerprint density at radius 3 is 2.10 bits per heavy atom. The highest BCUT2D eigenvalue weighted by molar-refractivity contribution is 14.0. The normalized spacial score (nSPS) is 9.65. The SMILES string of the molecule is CCOCc1ccccc1CN=C(N(C)C)N(C)C.I. The molecule has 1 rings (SSSR count). The van der Waals surface area contributed by atoms with Gasteiger partial charge in [-0.25, -0.2) is 4.99 Å². The largest absolute Gasteiger partial charge is 0.377 e. The van der Waals surface area contributed by atoms with Crippen LogP contribution >= 0.6 is 24.0 Å². The summed E-state index contributed by atoms with van der Waals surface area (Å²) < 4.78 is 5.49. The van der Waals surface area contributed by atoms with Gasteiger partial charge in [-0.3, -0.25) is 0 Å². The second kappa shape index (κ2) is 9.99. The van der Waals surface area contributed by atoms with Gasteiger partial charge in [0, 0.05) is 34.8 Å². The summed E-state index contributed by atoms with van der Waals surface area (Å²) in [5.74, 6) is 0.964. The first-order chi connectivity index (χ1) is 9.06. The highest BCUT2D eigenvalue weighted by Crippen LogP contribution is 2.12. The number of halogens is 1. The first-order valence-electron chi connectivity index (χ1n) is 6.59. The van der Waals surface area contributed by atoms with E-state index in [2.05, 4.69) is 17.1 Å². The maximum absolute atomic E-state index is 5.49. The minimum atomic E-state index is 0. The van der Waals surface area contributed by atoms with Crippen LogP contribution in [0.4, 0.5) is 0 Å². The Bertz CT molecular complexity index is 409. The number of rotatable bonds is 5. The lowest BCUT2D eigenvalue weighted by Crippen LogP contribution is -2.35. The summed E-state index contributed by atoms with van der Waals surface area (Å²) >= 11 is 0. The van der Waals surface area contributed by atoms with E-state index in [1.807, 2.05) is 57.0 Å². The topological polar surface area (TPSA) is 28.1 Å². The van der Waals surface area contributed by atoms with Crippen LogP contribution in [0.5, 0.6) is 0 Å². The lowest BCUT2D eigenvalue weighted by atomic mass is 10.1. The lowest BCUT2D eigenvalue weighted by Gasteiger charge is -2.22. The Kier molecular flexibility index (Phi) is 9.58. The van der Waals surface area contributed by atoms with Crippen LogP contribution in [-0.2, 0) is 17.9 Å². The summed E-state index contributed by atoms with van der Waals surface area (Å²) in [4.78, 5) is 8.71. The van der Waals surface area contributed by atoms with Crippen LogP contribution in [0.3, 0.4) is 0 Å². The zero-order chi connectivity index (χ0) is 14.3. The molecule has 0 bridgehead atoms. The lowest BCUT2D eigenvalue weighted by molar-refractivity contribution is 0.133. The molecule has 0 aliphatic rings. The minimum Gasteiger partial charge on any atom is -0.377 e. The maximum atomic E-state index is 5.49. The van der Waals surface area contributed by atoms with Crippen LogP contribution in [-0.4, -0.2) is 50.6 Å². The molecule has 0 unspecified atom stereocenters. The third kappa shape index (κ3) is 6.09. The molecule has 0 N–H and O–H groups in total. The molecule has 1 aromatic rings. The van der Waals surface area contributed by atoms with Crippen LogP contribution in [0.1, 0.15) is 18.1 Å². The zero-order valence-electron chi connectivity index (χ0n) is 13.1. The fourth-order valence-electron chi connectivity index (χ4n) is 1.90. The van der Waals surface area contributed by atoms with Crippen molar-refractivity contribution in [1.29, 1.82) is 0 Å². The fourth-order valence-corrected chi connectivity index (χ4v) is 1.90. The van der Waals surface area contributed by atoms with Crippen molar-refractivity contribution < 1.29 is 4.74 Å². The van der Waals surface area contributed by atoms with Gasteiger partial charge in [0.2, 0.25) is 0 Å². The van der Waals surface area contributed by atoms with Crippen molar-refractivity contribution in [3.05, 3.63) is 35.4 Å². The van der Waals surface area contributed by atoms with Crippen LogP contribution in [0.25, 0.3) is 0 Å². The Morgan fingerprint density at radius 2 is 1.60 bits per heavy atom. The van der Waals surface area contributed by atoms with Gasteiger partial charge in [-0.1, -0.05) is 24.3 Å². The van der Waals surface area contributed by atoms with Gasteiger partial charge in [0.25, 0.3) is 0 Å². The Balaban J connectivity index is 0.00000361. The van der Waals surface area contributed by atoms with Gasteiger partial charge in [-0.2, -0.15) is 0 Å². The third-order valence-electron chi connectivity index (χ3n) is 2.77. The summed E-state index contributed by atoms with van der Waals surface area (Å²) in [6.07, 6.45) is 0. The molecule has 0 spiro atoms. The van der Waals surface area contributed by atoms with Gasteiger partial charge < -0.3 is 14.5 Å². The predicted molar refractivity (Wildman–Crippen MR) is 95.7 cm³/mol. The van der Waals surface area contributed by atoms with Gasteiger partial charge in [-0.05, 0) is 18.1 Å². The molecule has 114 valence electrons. The van der Waals surface area contributed by atoms with Crippen molar-refractivity contribution in [1.82, 2.24) is 9.80 Å². The second-order valence-electron chi connectivity index (χ2n) is 4.81. The molecular formula is C15H26IN3O. The first-order valence-corrected chi connectivity index (χ1v) is 6.59. The van der Waals surface area contributed by atoms with Crippen molar-refractivity contribution in [2.24, 2.45) is 4.99 Å². The van der Waals surface area contributed by atoms with E-state index >= 15 is 0 Å². The quantitative estimate of drug-likeness (QED) is 0.439. The molecule has 0 heterocycles. The Hall–Kier alpha value is -0.820. The maximum Gasteiger partial charge on any atom is 0.195 e. The number of hydrogen-bond donors (Lipinski definition) is 0. The van der Waals surface area contributed by atoms with Gasteiger partial charge >= 0.3 is 0 Å². The zero-order valence-corrected chi connectivity index (χ0v) is 15.4. The van der Waals surface area contributed by atoms with Crippen LogP contribution < -0.4 is 0 Å². The number of guanidine groups is 1. The number of nitrogens with zero attached hydrogens (tertiary/aromatic N) is 3. The minimum absolute atomic E-state index is 0. The average molecular weight is 391 g/mol. The fraction of sp³-hybridized carbons (Fsp3) is 0.533. The molecule has 0 saturated carbocycles. The molecule has 5 heteroatoms. The summed E-state index contributed by atoms with van der Waals surface area (Å²) in [5, 5.41) is 0. The highest BCUT2D eigenvalue weighted by atomic mass is 127. The highest BCUT2D eigenvalue weighted by Gasteiger charge is 2.05. The molecule has 0 aromatic heterocycles. The van der Waals surface area contributed by atoms with Gasteiger partial charge in [0.05, 0.1) is 13.2 Å². The van der Waals surface area contributed by atoms with Gasteiger partial charge in [0.1, 0.15) is 0 Å². The molecule has 0 radical (unpaired) electrons. The molecule has 0 fully saturated rings. The molecular weight excluding hydrogens is 365 g/mol. The van der Waals surface area contributed by atoms with E-state index in [0.29, 0.717) is 13.2 Å². The molecule has 0 atom stereocenters. The Labute approximate surface area is 139 Å². The van der Waals surface area contributed by atoms with Gasteiger partial charge in [0.15, 0.2) is 5.96 Å². The molecule has 1 aromatic carbocycles. The van der Waals surface area contributed by atoms with E-state index in [-0.39, 0.29) is 24.0 Å². The number of aliphatic imine (C=N–C) groups is 1.